The van der Waals surface area contributed by atoms with Crippen LogP contribution < -0.4 is 10.7 Å². The Balaban J connectivity index is 1.48. The Bertz CT molecular complexity index is 660. The van der Waals surface area contributed by atoms with Crippen molar-refractivity contribution >= 4 is 17.3 Å². The normalized spacial score (nSPS) is 17.4. The number of anilines is 1. The lowest BCUT2D eigenvalue weighted by molar-refractivity contribution is 0.0949. The first-order valence-corrected chi connectivity index (χ1v) is 7.89. The Morgan fingerprint density at radius 2 is 1.78 bits per heavy atom. The van der Waals surface area contributed by atoms with Crippen LogP contribution in [0.5, 0.6) is 0 Å². The van der Waals surface area contributed by atoms with Gasteiger partial charge in [0.05, 0.1) is 0 Å². The van der Waals surface area contributed by atoms with E-state index < -0.39 is 0 Å². The average molecular weight is 308 g/mol. The molecule has 0 aliphatic heterocycles. The fourth-order valence-electron chi connectivity index (χ4n) is 2.66. The Labute approximate surface area is 135 Å². The zero-order valence-corrected chi connectivity index (χ0v) is 12.9. The minimum Gasteiger partial charge on any atom is -0.382 e. The van der Waals surface area contributed by atoms with Crippen LogP contribution in [0.1, 0.15) is 36.2 Å². The molecule has 3 rings (SSSR count). The van der Waals surface area contributed by atoms with E-state index in [0.717, 1.165) is 37.1 Å². The Kier molecular flexibility index (Phi) is 4.99. The van der Waals surface area contributed by atoms with Crippen LogP contribution in [0.25, 0.3) is 0 Å². The molecular formula is C18H20N4O. The lowest BCUT2D eigenvalue weighted by Gasteiger charge is -2.25. The molecule has 1 heterocycles. The van der Waals surface area contributed by atoms with Crippen molar-refractivity contribution in [2.45, 2.75) is 31.7 Å². The highest BCUT2D eigenvalue weighted by atomic mass is 16.2. The molecule has 1 aliphatic rings. The number of hydrazone groups is 1. The van der Waals surface area contributed by atoms with Crippen molar-refractivity contribution in [2.75, 3.05) is 5.32 Å². The molecule has 23 heavy (non-hydrogen) atoms. The number of benzene rings is 1. The third kappa shape index (κ3) is 4.39. The molecule has 0 radical (unpaired) electrons. The van der Waals surface area contributed by atoms with Gasteiger partial charge in [0.1, 0.15) is 5.69 Å². The number of nitrogens with zero attached hydrogens (tertiary/aromatic N) is 2. The van der Waals surface area contributed by atoms with Crippen LogP contribution in [0, 0.1) is 0 Å². The van der Waals surface area contributed by atoms with Gasteiger partial charge in [-0.25, -0.2) is 5.43 Å². The van der Waals surface area contributed by atoms with E-state index in [0.29, 0.717) is 11.7 Å². The van der Waals surface area contributed by atoms with Crippen molar-refractivity contribution in [3.63, 3.8) is 0 Å². The van der Waals surface area contributed by atoms with E-state index >= 15 is 0 Å². The van der Waals surface area contributed by atoms with Gasteiger partial charge >= 0.3 is 0 Å². The minimum atomic E-state index is -0.261. The Morgan fingerprint density at radius 1 is 1.04 bits per heavy atom. The number of hydrogen-bond acceptors (Lipinski definition) is 4. The smallest absolute Gasteiger partial charge is 0.289 e. The van der Waals surface area contributed by atoms with E-state index in [9.17, 15) is 4.79 Å². The van der Waals surface area contributed by atoms with Gasteiger partial charge in [0, 0.05) is 23.6 Å². The number of amides is 1. The van der Waals surface area contributed by atoms with Crippen molar-refractivity contribution < 1.29 is 4.79 Å². The molecule has 1 aromatic carbocycles. The molecule has 0 atom stereocenters. The number of carbonyl (C=O) groups excluding carboxylic acids is 1. The molecule has 1 aliphatic carbocycles. The number of carbonyl (C=O) groups is 1. The standard InChI is InChI=1S/C18H20N4O/c23-18(17-8-4-5-13-19-17)22-21-16-11-9-15(10-12-16)20-14-6-2-1-3-7-14/h1-8,13,15,20H,9-12H2,(H,22,23). The molecule has 5 nitrogen and oxygen atoms in total. The number of nitrogens with one attached hydrogen (secondary N) is 2. The van der Waals surface area contributed by atoms with Gasteiger partial charge in [-0.1, -0.05) is 24.3 Å². The molecule has 0 spiro atoms. The molecule has 5 heteroatoms. The maximum absolute atomic E-state index is 11.9. The summed E-state index contributed by atoms with van der Waals surface area (Å²) in [6.07, 6.45) is 5.43. The van der Waals surface area contributed by atoms with Crippen molar-refractivity contribution in [1.29, 1.82) is 0 Å². The topological polar surface area (TPSA) is 66.4 Å². The second-order valence-corrected chi connectivity index (χ2v) is 5.62. The fourth-order valence-corrected chi connectivity index (χ4v) is 2.66. The maximum Gasteiger partial charge on any atom is 0.289 e. The first kappa shape index (κ1) is 15.2. The van der Waals surface area contributed by atoms with E-state index in [1.165, 1.54) is 0 Å². The van der Waals surface area contributed by atoms with Gasteiger partial charge in [-0.2, -0.15) is 5.10 Å². The molecule has 0 unspecified atom stereocenters. The minimum absolute atomic E-state index is 0.261. The van der Waals surface area contributed by atoms with Crippen LogP contribution in [-0.4, -0.2) is 22.6 Å². The largest absolute Gasteiger partial charge is 0.382 e. The van der Waals surface area contributed by atoms with Gasteiger partial charge in [0.15, 0.2) is 0 Å². The van der Waals surface area contributed by atoms with Gasteiger partial charge in [0.2, 0.25) is 0 Å². The summed E-state index contributed by atoms with van der Waals surface area (Å²) in [4.78, 5) is 15.9. The summed E-state index contributed by atoms with van der Waals surface area (Å²) in [6, 6.07) is 15.9. The van der Waals surface area contributed by atoms with Gasteiger partial charge in [-0.05, 0) is 49.9 Å². The first-order valence-electron chi connectivity index (χ1n) is 7.89. The first-order chi connectivity index (χ1) is 11.3. The van der Waals surface area contributed by atoms with Crippen LogP contribution in [0.15, 0.2) is 59.8 Å². The van der Waals surface area contributed by atoms with Gasteiger partial charge < -0.3 is 5.32 Å². The summed E-state index contributed by atoms with van der Waals surface area (Å²) in [5, 5.41) is 7.79. The van der Waals surface area contributed by atoms with E-state index in [-0.39, 0.29) is 5.91 Å². The number of pyridine rings is 1. The number of rotatable bonds is 4. The molecule has 0 bridgehead atoms. The van der Waals surface area contributed by atoms with Crippen molar-refractivity contribution in [3.8, 4) is 0 Å². The highest BCUT2D eigenvalue weighted by Gasteiger charge is 2.17. The second-order valence-electron chi connectivity index (χ2n) is 5.62. The molecule has 118 valence electrons. The van der Waals surface area contributed by atoms with Gasteiger partial charge in [0.25, 0.3) is 5.91 Å². The van der Waals surface area contributed by atoms with Gasteiger partial charge in [-0.15, -0.1) is 0 Å². The average Bonchev–Trinajstić information content (AvgIpc) is 2.62. The molecule has 0 saturated heterocycles. The van der Waals surface area contributed by atoms with Gasteiger partial charge in [-0.3, -0.25) is 9.78 Å². The fraction of sp³-hybridized carbons (Fsp3) is 0.278. The molecule has 1 aromatic heterocycles. The van der Waals surface area contributed by atoms with E-state index in [1.54, 1.807) is 24.4 Å². The van der Waals surface area contributed by atoms with Crippen LogP contribution >= 0.6 is 0 Å². The van der Waals surface area contributed by atoms with E-state index in [4.69, 9.17) is 0 Å². The lowest BCUT2D eigenvalue weighted by Crippen LogP contribution is -2.28. The molecule has 1 amide bonds. The van der Waals surface area contributed by atoms with Crippen molar-refractivity contribution in [3.05, 3.63) is 60.4 Å². The number of aromatic nitrogens is 1. The van der Waals surface area contributed by atoms with Crippen molar-refractivity contribution in [1.82, 2.24) is 10.4 Å². The number of para-hydroxylation sites is 1. The lowest BCUT2D eigenvalue weighted by atomic mass is 9.93. The summed E-state index contributed by atoms with van der Waals surface area (Å²) in [6.45, 7) is 0. The van der Waals surface area contributed by atoms with Crippen LogP contribution in [-0.2, 0) is 0 Å². The second kappa shape index (κ2) is 7.54. The summed E-state index contributed by atoms with van der Waals surface area (Å²) < 4.78 is 0. The van der Waals surface area contributed by atoms with Crippen LogP contribution in [0.4, 0.5) is 5.69 Å². The van der Waals surface area contributed by atoms with Crippen LogP contribution in [0.3, 0.4) is 0 Å². The zero-order valence-electron chi connectivity index (χ0n) is 12.9. The van der Waals surface area contributed by atoms with Crippen LogP contribution in [0.2, 0.25) is 0 Å². The number of hydrogen-bond donors (Lipinski definition) is 2. The highest BCUT2D eigenvalue weighted by molar-refractivity contribution is 5.94. The van der Waals surface area contributed by atoms with E-state index in [2.05, 4.69) is 33.0 Å². The van der Waals surface area contributed by atoms with Crippen molar-refractivity contribution in [2.24, 2.45) is 5.10 Å². The summed E-state index contributed by atoms with van der Waals surface area (Å²) in [5.41, 5.74) is 5.18. The molecule has 1 fully saturated rings. The van der Waals surface area contributed by atoms with E-state index in [1.807, 2.05) is 18.2 Å². The highest BCUT2D eigenvalue weighted by Crippen LogP contribution is 2.20. The monoisotopic (exact) mass is 308 g/mol. The Morgan fingerprint density at radius 3 is 2.48 bits per heavy atom. The molecule has 1 saturated carbocycles. The molecule has 2 aromatic rings. The third-order valence-corrected chi connectivity index (χ3v) is 3.92. The summed E-state index contributed by atoms with van der Waals surface area (Å²) >= 11 is 0. The maximum atomic E-state index is 11.9. The molecule has 2 N–H and O–H groups in total. The SMILES string of the molecule is O=C(NN=C1CCC(Nc2ccccc2)CC1)c1ccccn1. The summed E-state index contributed by atoms with van der Waals surface area (Å²) in [5.74, 6) is -0.261. The zero-order chi connectivity index (χ0) is 15.9. The quantitative estimate of drug-likeness (QED) is 0.852. The summed E-state index contributed by atoms with van der Waals surface area (Å²) in [7, 11) is 0. The predicted octanol–water partition coefficient (Wildman–Crippen LogP) is 3.22. The predicted molar refractivity (Wildman–Crippen MR) is 91.5 cm³/mol. The Hall–Kier alpha value is -2.69. The third-order valence-electron chi connectivity index (χ3n) is 3.92. The molecular weight excluding hydrogens is 288 g/mol.